The second kappa shape index (κ2) is 8.82. The average Bonchev–Trinajstić information content (AvgIpc) is 2.74. The van der Waals surface area contributed by atoms with E-state index in [4.69, 9.17) is 21.6 Å². The number of halogens is 1. The second-order valence-corrected chi connectivity index (χ2v) is 9.00. The van der Waals surface area contributed by atoms with E-state index in [1.54, 1.807) is 18.2 Å². The zero-order chi connectivity index (χ0) is 21.0. The van der Waals surface area contributed by atoms with Gasteiger partial charge < -0.3 is 10.1 Å². The lowest BCUT2D eigenvalue weighted by molar-refractivity contribution is -0.120. The molecule has 2 aromatic carbocycles. The van der Waals surface area contributed by atoms with Crippen LogP contribution in [0.3, 0.4) is 0 Å². The number of hydrogen-bond acceptors (Lipinski definition) is 5. The Labute approximate surface area is 174 Å². The van der Waals surface area contributed by atoms with Crippen LogP contribution in [0.25, 0.3) is 0 Å². The van der Waals surface area contributed by atoms with Crippen LogP contribution >= 0.6 is 11.6 Å². The molecule has 1 aliphatic heterocycles. The van der Waals surface area contributed by atoms with Gasteiger partial charge in [0.25, 0.3) is 0 Å². The van der Waals surface area contributed by atoms with E-state index in [1.807, 2.05) is 6.07 Å². The molecule has 9 heteroatoms. The number of hydrogen-bond donors (Lipinski definition) is 1. The highest BCUT2D eigenvalue weighted by Crippen LogP contribution is 2.29. The summed E-state index contributed by atoms with van der Waals surface area (Å²) in [6.07, 6.45) is 0.844. The third-order valence-electron chi connectivity index (χ3n) is 4.87. The summed E-state index contributed by atoms with van der Waals surface area (Å²) in [6, 6.07) is 12.8. The minimum absolute atomic E-state index is 0.146. The van der Waals surface area contributed by atoms with Gasteiger partial charge in [-0.3, -0.25) is 4.79 Å². The molecule has 0 bridgehead atoms. The molecular formula is C20H20ClN3O4S. The zero-order valence-electron chi connectivity index (χ0n) is 15.8. The van der Waals surface area contributed by atoms with Crippen LogP contribution in [0.1, 0.15) is 18.4 Å². The average molecular weight is 434 g/mol. The van der Waals surface area contributed by atoms with Crippen LogP contribution in [-0.2, 0) is 14.8 Å². The summed E-state index contributed by atoms with van der Waals surface area (Å²) in [6.45, 7) is 0.508. The Hall–Kier alpha value is -2.60. The van der Waals surface area contributed by atoms with Gasteiger partial charge in [-0.25, -0.2) is 8.42 Å². The zero-order valence-corrected chi connectivity index (χ0v) is 17.3. The number of nitrogens with zero attached hydrogens (tertiary/aromatic N) is 2. The molecular weight excluding hydrogens is 414 g/mol. The van der Waals surface area contributed by atoms with Gasteiger partial charge in [0.2, 0.25) is 15.9 Å². The van der Waals surface area contributed by atoms with Gasteiger partial charge in [0.05, 0.1) is 28.7 Å². The molecule has 1 heterocycles. The molecule has 1 N–H and O–H groups in total. The molecule has 0 radical (unpaired) electrons. The normalized spacial score (nSPS) is 15.5. The van der Waals surface area contributed by atoms with Crippen LogP contribution in [-0.4, -0.2) is 38.8 Å². The number of sulfonamides is 1. The Balaban J connectivity index is 1.61. The molecule has 29 heavy (non-hydrogen) atoms. The number of amides is 1. The van der Waals surface area contributed by atoms with Crippen LogP contribution in [0.2, 0.25) is 5.02 Å². The SMILES string of the molecule is COc1ccc(NC(=O)C2CCN(S(=O)(=O)c3ccc(C#N)cc3)CC2)cc1Cl. The molecule has 0 aromatic heterocycles. The van der Waals surface area contributed by atoms with Crippen molar-refractivity contribution in [2.45, 2.75) is 17.7 Å². The molecule has 0 unspecified atom stereocenters. The van der Waals surface area contributed by atoms with E-state index >= 15 is 0 Å². The van der Waals surface area contributed by atoms with Gasteiger partial charge in [-0.2, -0.15) is 9.57 Å². The van der Waals surface area contributed by atoms with Crippen LogP contribution < -0.4 is 10.1 Å². The number of ether oxygens (including phenoxy) is 1. The first-order valence-electron chi connectivity index (χ1n) is 9.00. The topological polar surface area (TPSA) is 99.5 Å². The van der Waals surface area contributed by atoms with Crippen LogP contribution in [0.15, 0.2) is 47.4 Å². The number of rotatable bonds is 5. The van der Waals surface area contributed by atoms with Crippen molar-refractivity contribution < 1.29 is 17.9 Å². The lowest BCUT2D eigenvalue weighted by Crippen LogP contribution is -2.41. The largest absolute Gasteiger partial charge is 0.495 e. The van der Waals surface area contributed by atoms with Crippen molar-refractivity contribution in [3.8, 4) is 11.8 Å². The van der Waals surface area contributed by atoms with E-state index in [-0.39, 0.29) is 29.8 Å². The maximum Gasteiger partial charge on any atom is 0.243 e. The molecule has 1 aliphatic rings. The summed E-state index contributed by atoms with van der Waals surface area (Å²) in [4.78, 5) is 12.7. The van der Waals surface area contributed by atoms with Gasteiger partial charge in [-0.05, 0) is 55.3 Å². The van der Waals surface area contributed by atoms with E-state index in [2.05, 4.69) is 5.32 Å². The van der Waals surface area contributed by atoms with E-state index in [1.165, 1.54) is 35.7 Å². The van der Waals surface area contributed by atoms with Crippen molar-refractivity contribution in [2.24, 2.45) is 5.92 Å². The summed E-state index contributed by atoms with van der Waals surface area (Å²) in [5.74, 6) is 0.0657. The molecule has 1 fully saturated rings. The fourth-order valence-corrected chi connectivity index (χ4v) is 4.92. The third-order valence-corrected chi connectivity index (χ3v) is 7.07. The molecule has 0 saturated carbocycles. The predicted octanol–water partition coefficient (Wildman–Crippen LogP) is 3.26. The van der Waals surface area contributed by atoms with Crippen molar-refractivity contribution in [1.82, 2.24) is 4.31 Å². The van der Waals surface area contributed by atoms with Crippen LogP contribution in [0.5, 0.6) is 5.75 Å². The number of carbonyl (C=O) groups excluding carboxylic acids is 1. The van der Waals surface area contributed by atoms with Crippen molar-refractivity contribution in [3.05, 3.63) is 53.1 Å². The number of carbonyl (C=O) groups is 1. The molecule has 2 aromatic rings. The number of anilines is 1. The first-order chi connectivity index (χ1) is 13.8. The van der Waals surface area contributed by atoms with Crippen molar-refractivity contribution in [1.29, 1.82) is 5.26 Å². The van der Waals surface area contributed by atoms with Gasteiger partial charge in [0, 0.05) is 24.7 Å². The maximum absolute atomic E-state index is 12.8. The van der Waals surface area contributed by atoms with Crippen molar-refractivity contribution in [2.75, 3.05) is 25.5 Å². The quantitative estimate of drug-likeness (QED) is 0.780. The van der Waals surface area contributed by atoms with E-state index < -0.39 is 10.0 Å². The van der Waals surface area contributed by atoms with E-state index in [0.29, 0.717) is 34.9 Å². The molecule has 0 aliphatic carbocycles. The number of nitriles is 1. The third kappa shape index (κ3) is 4.70. The van der Waals surface area contributed by atoms with Crippen molar-refractivity contribution in [3.63, 3.8) is 0 Å². The van der Waals surface area contributed by atoms with Gasteiger partial charge >= 0.3 is 0 Å². The van der Waals surface area contributed by atoms with Gasteiger partial charge in [0.15, 0.2) is 0 Å². The molecule has 152 valence electrons. The Bertz CT molecular complexity index is 1040. The Morgan fingerprint density at radius 3 is 2.41 bits per heavy atom. The number of methoxy groups -OCH3 is 1. The molecule has 0 spiro atoms. The molecule has 7 nitrogen and oxygen atoms in total. The predicted molar refractivity (Wildman–Crippen MR) is 109 cm³/mol. The lowest BCUT2D eigenvalue weighted by Gasteiger charge is -2.30. The lowest BCUT2D eigenvalue weighted by atomic mass is 9.97. The molecule has 3 rings (SSSR count). The minimum Gasteiger partial charge on any atom is -0.495 e. The van der Waals surface area contributed by atoms with Crippen LogP contribution in [0, 0.1) is 17.2 Å². The summed E-state index contributed by atoms with van der Waals surface area (Å²) >= 11 is 6.08. The smallest absolute Gasteiger partial charge is 0.243 e. The summed E-state index contributed by atoms with van der Waals surface area (Å²) < 4.78 is 32.0. The van der Waals surface area contributed by atoms with Crippen LogP contribution in [0.4, 0.5) is 5.69 Å². The number of nitrogens with one attached hydrogen (secondary N) is 1. The monoisotopic (exact) mass is 433 g/mol. The molecule has 1 saturated heterocycles. The van der Waals surface area contributed by atoms with Gasteiger partial charge in [0.1, 0.15) is 5.75 Å². The maximum atomic E-state index is 12.8. The van der Waals surface area contributed by atoms with E-state index in [9.17, 15) is 13.2 Å². The summed E-state index contributed by atoms with van der Waals surface area (Å²) in [5, 5.41) is 12.1. The van der Waals surface area contributed by atoms with E-state index in [0.717, 1.165) is 0 Å². The fraction of sp³-hybridized carbons (Fsp3) is 0.300. The number of piperidine rings is 1. The van der Waals surface area contributed by atoms with Gasteiger partial charge in [-0.1, -0.05) is 11.6 Å². The summed E-state index contributed by atoms with van der Waals surface area (Å²) in [5.41, 5.74) is 0.964. The molecule has 0 atom stereocenters. The fourth-order valence-electron chi connectivity index (χ4n) is 3.20. The van der Waals surface area contributed by atoms with Gasteiger partial charge in [-0.15, -0.1) is 0 Å². The summed E-state index contributed by atoms with van der Waals surface area (Å²) in [7, 11) is -2.13. The highest BCUT2D eigenvalue weighted by atomic mass is 35.5. The Morgan fingerprint density at radius 1 is 1.21 bits per heavy atom. The Kier molecular flexibility index (Phi) is 6.42. The molecule has 1 amide bonds. The van der Waals surface area contributed by atoms with Crippen molar-refractivity contribution >= 4 is 33.2 Å². The standard InChI is InChI=1S/C20H20ClN3O4S/c1-28-19-7-4-16(12-18(19)21)23-20(25)15-8-10-24(11-9-15)29(26,27)17-5-2-14(13-22)3-6-17/h2-7,12,15H,8-11H2,1H3,(H,23,25). The first kappa shape index (κ1) is 21.1. The minimum atomic E-state index is -3.65. The Morgan fingerprint density at radius 2 is 1.86 bits per heavy atom. The first-order valence-corrected chi connectivity index (χ1v) is 10.8. The highest BCUT2D eigenvalue weighted by Gasteiger charge is 2.32. The highest BCUT2D eigenvalue weighted by molar-refractivity contribution is 7.89. The number of benzene rings is 2. The second-order valence-electron chi connectivity index (χ2n) is 6.65.